The van der Waals surface area contributed by atoms with E-state index >= 15 is 0 Å². The zero-order valence-electron chi connectivity index (χ0n) is 16.0. The second-order valence-corrected chi connectivity index (χ2v) is 9.82. The Morgan fingerprint density at radius 3 is 2.39 bits per heavy atom. The lowest BCUT2D eigenvalue weighted by atomic mass is 9.96. The van der Waals surface area contributed by atoms with Crippen molar-refractivity contribution in [2.75, 3.05) is 32.7 Å². The van der Waals surface area contributed by atoms with Gasteiger partial charge in [0.1, 0.15) is 5.82 Å². The Hall–Kier alpha value is -1.22. The molecule has 2 aliphatic heterocycles. The number of carbonyl (C=O) groups excluding carboxylic acids is 1. The summed E-state index contributed by atoms with van der Waals surface area (Å²) in [5.41, 5.74) is 0. The maximum atomic E-state index is 13.3. The molecule has 2 aliphatic rings. The number of piperidine rings is 2. The van der Waals surface area contributed by atoms with Crippen LogP contribution in [-0.2, 0) is 14.8 Å². The molecule has 2 heterocycles. The number of nitrogens with zero attached hydrogens (tertiary/aromatic N) is 2. The van der Waals surface area contributed by atoms with Gasteiger partial charge in [0.25, 0.3) is 0 Å². The van der Waals surface area contributed by atoms with E-state index in [1.807, 2.05) is 0 Å². The summed E-state index contributed by atoms with van der Waals surface area (Å²) in [5, 5.41) is 2.92. The van der Waals surface area contributed by atoms with Crippen molar-refractivity contribution in [3.63, 3.8) is 0 Å². The predicted octanol–water partition coefficient (Wildman–Crippen LogP) is 2.48. The molecule has 6 nitrogen and oxygen atoms in total. The van der Waals surface area contributed by atoms with Crippen molar-refractivity contribution in [2.45, 2.75) is 43.5 Å². The highest BCUT2D eigenvalue weighted by atomic mass is 35.5. The Balaban J connectivity index is 1.53. The number of hydrogen-bond donors (Lipinski definition) is 1. The molecule has 3 rings (SSSR count). The van der Waals surface area contributed by atoms with Gasteiger partial charge in [0.15, 0.2) is 0 Å². The van der Waals surface area contributed by atoms with Gasteiger partial charge in [0.05, 0.1) is 9.92 Å². The fraction of sp³-hybridized carbons (Fsp3) is 0.632. The van der Waals surface area contributed by atoms with Crippen LogP contribution in [0.2, 0.25) is 5.02 Å². The van der Waals surface area contributed by atoms with Gasteiger partial charge in [-0.1, -0.05) is 18.5 Å². The molecule has 1 N–H and O–H groups in total. The summed E-state index contributed by atoms with van der Waals surface area (Å²) < 4.78 is 40.1. The Labute approximate surface area is 171 Å². The van der Waals surface area contributed by atoms with Gasteiger partial charge in [0.2, 0.25) is 15.9 Å². The number of carbonyl (C=O) groups is 1. The lowest BCUT2D eigenvalue weighted by molar-refractivity contribution is -0.127. The molecule has 0 unspecified atom stereocenters. The first-order valence-corrected chi connectivity index (χ1v) is 11.6. The minimum absolute atomic E-state index is 0.0236. The largest absolute Gasteiger partial charge is 0.353 e. The third-order valence-electron chi connectivity index (χ3n) is 5.73. The number of halogens is 2. The number of amides is 1. The third-order valence-corrected chi connectivity index (χ3v) is 7.92. The SMILES string of the molecule is CCN1CCC(NC(=O)C2CCN(S(=O)(=O)c3ccc(F)c(Cl)c3)CC2)CC1. The molecule has 9 heteroatoms. The lowest BCUT2D eigenvalue weighted by Crippen LogP contribution is -2.48. The molecule has 0 radical (unpaired) electrons. The second kappa shape index (κ2) is 9.07. The first-order chi connectivity index (χ1) is 13.3. The topological polar surface area (TPSA) is 69.7 Å². The van der Waals surface area contributed by atoms with Crippen LogP contribution >= 0.6 is 11.6 Å². The number of hydrogen-bond acceptors (Lipinski definition) is 4. The van der Waals surface area contributed by atoms with Gasteiger partial charge < -0.3 is 10.2 Å². The van der Waals surface area contributed by atoms with E-state index in [-0.39, 0.29) is 40.9 Å². The van der Waals surface area contributed by atoms with Crippen LogP contribution in [0.1, 0.15) is 32.6 Å². The van der Waals surface area contributed by atoms with E-state index < -0.39 is 15.8 Å². The molecule has 1 aromatic carbocycles. The smallest absolute Gasteiger partial charge is 0.243 e. The summed E-state index contributed by atoms with van der Waals surface area (Å²) in [6.07, 6.45) is 2.87. The van der Waals surface area contributed by atoms with E-state index in [0.717, 1.165) is 44.6 Å². The Kier molecular flexibility index (Phi) is 6.96. The highest BCUT2D eigenvalue weighted by molar-refractivity contribution is 7.89. The highest BCUT2D eigenvalue weighted by Gasteiger charge is 2.33. The maximum Gasteiger partial charge on any atom is 0.243 e. The van der Waals surface area contributed by atoms with Crippen LogP contribution in [0.5, 0.6) is 0 Å². The normalized spacial score (nSPS) is 21.0. The first kappa shape index (κ1) is 21.5. The van der Waals surface area contributed by atoms with E-state index in [2.05, 4.69) is 17.1 Å². The Morgan fingerprint density at radius 1 is 1.18 bits per heavy atom. The summed E-state index contributed by atoms with van der Waals surface area (Å²) in [7, 11) is -3.74. The van der Waals surface area contributed by atoms with Crippen molar-refractivity contribution in [2.24, 2.45) is 5.92 Å². The van der Waals surface area contributed by atoms with E-state index in [0.29, 0.717) is 12.8 Å². The number of nitrogens with one attached hydrogen (secondary N) is 1. The minimum atomic E-state index is -3.74. The third kappa shape index (κ3) is 4.84. The molecular weight excluding hydrogens is 405 g/mol. The van der Waals surface area contributed by atoms with Crippen LogP contribution in [-0.4, -0.2) is 62.3 Å². The zero-order chi connectivity index (χ0) is 20.3. The van der Waals surface area contributed by atoms with E-state index in [1.54, 1.807) is 0 Å². The molecule has 1 amide bonds. The van der Waals surface area contributed by atoms with Crippen molar-refractivity contribution in [1.29, 1.82) is 0 Å². The van der Waals surface area contributed by atoms with E-state index in [4.69, 9.17) is 11.6 Å². The van der Waals surface area contributed by atoms with Gasteiger partial charge >= 0.3 is 0 Å². The van der Waals surface area contributed by atoms with Crippen molar-refractivity contribution >= 4 is 27.5 Å². The molecule has 0 aromatic heterocycles. The van der Waals surface area contributed by atoms with Gasteiger partial charge in [0, 0.05) is 38.1 Å². The second-order valence-electron chi connectivity index (χ2n) is 7.47. The van der Waals surface area contributed by atoms with Crippen molar-refractivity contribution in [1.82, 2.24) is 14.5 Å². The van der Waals surface area contributed by atoms with Crippen LogP contribution in [0.4, 0.5) is 4.39 Å². The minimum Gasteiger partial charge on any atom is -0.353 e. The molecule has 0 spiro atoms. The standard InChI is InChI=1S/C19H27ClFN3O3S/c1-2-23-9-7-15(8-10-23)22-19(25)14-5-11-24(12-6-14)28(26,27)16-3-4-18(21)17(20)13-16/h3-4,13-15H,2,5-12H2,1H3,(H,22,25). The molecule has 2 saturated heterocycles. The first-order valence-electron chi connectivity index (χ1n) is 9.79. The number of likely N-dealkylation sites (tertiary alicyclic amines) is 1. The molecular formula is C19H27ClFN3O3S. The van der Waals surface area contributed by atoms with Gasteiger partial charge in [-0.05, 0) is 50.4 Å². The van der Waals surface area contributed by atoms with Crippen LogP contribution in [0, 0.1) is 11.7 Å². The molecule has 0 saturated carbocycles. The van der Waals surface area contributed by atoms with Crippen molar-refractivity contribution in [3.8, 4) is 0 Å². The van der Waals surface area contributed by atoms with Gasteiger partial charge in [-0.25, -0.2) is 12.8 Å². The summed E-state index contributed by atoms with van der Waals surface area (Å²) in [4.78, 5) is 14.9. The van der Waals surface area contributed by atoms with E-state index in [9.17, 15) is 17.6 Å². The van der Waals surface area contributed by atoms with Gasteiger partial charge in [-0.15, -0.1) is 0 Å². The van der Waals surface area contributed by atoms with Gasteiger partial charge in [-0.2, -0.15) is 4.31 Å². The maximum absolute atomic E-state index is 13.3. The van der Waals surface area contributed by atoms with Crippen LogP contribution in [0.15, 0.2) is 23.1 Å². The van der Waals surface area contributed by atoms with Gasteiger partial charge in [-0.3, -0.25) is 4.79 Å². The molecule has 1 aromatic rings. The molecule has 2 fully saturated rings. The monoisotopic (exact) mass is 431 g/mol. The average molecular weight is 432 g/mol. The van der Waals surface area contributed by atoms with Crippen molar-refractivity contribution < 1.29 is 17.6 Å². The fourth-order valence-electron chi connectivity index (χ4n) is 3.86. The van der Waals surface area contributed by atoms with Crippen LogP contribution in [0.25, 0.3) is 0 Å². The van der Waals surface area contributed by atoms with E-state index in [1.165, 1.54) is 10.4 Å². The molecule has 156 valence electrons. The molecule has 0 aliphatic carbocycles. The predicted molar refractivity (Wildman–Crippen MR) is 106 cm³/mol. The summed E-state index contributed by atoms with van der Waals surface area (Å²) in [6.45, 7) is 5.71. The number of sulfonamides is 1. The Bertz CT molecular complexity index is 805. The lowest BCUT2D eigenvalue weighted by Gasteiger charge is -2.34. The van der Waals surface area contributed by atoms with Crippen molar-refractivity contribution in [3.05, 3.63) is 29.0 Å². The summed E-state index contributed by atoms with van der Waals surface area (Å²) in [6, 6.07) is 3.61. The molecule has 0 bridgehead atoms. The number of rotatable bonds is 5. The van der Waals surface area contributed by atoms with Crippen LogP contribution < -0.4 is 5.32 Å². The number of benzene rings is 1. The molecule has 0 atom stereocenters. The fourth-order valence-corrected chi connectivity index (χ4v) is 5.60. The zero-order valence-corrected chi connectivity index (χ0v) is 17.6. The molecule has 28 heavy (non-hydrogen) atoms. The summed E-state index contributed by atoms with van der Waals surface area (Å²) in [5.74, 6) is -0.801. The average Bonchev–Trinajstić information content (AvgIpc) is 2.70. The summed E-state index contributed by atoms with van der Waals surface area (Å²) >= 11 is 5.72. The highest BCUT2D eigenvalue weighted by Crippen LogP contribution is 2.27. The Morgan fingerprint density at radius 2 is 1.82 bits per heavy atom. The van der Waals surface area contributed by atoms with Crippen LogP contribution in [0.3, 0.4) is 0 Å². The quantitative estimate of drug-likeness (QED) is 0.777.